The second-order valence-corrected chi connectivity index (χ2v) is 8.11. The van der Waals surface area contributed by atoms with Crippen molar-refractivity contribution in [3.63, 3.8) is 0 Å². The normalized spacial score (nSPS) is 16.3. The minimum Gasteiger partial charge on any atom is -0.506 e. The van der Waals surface area contributed by atoms with Crippen LogP contribution in [-0.4, -0.2) is 41.8 Å². The van der Waals surface area contributed by atoms with Crippen LogP contribution in [0.2, 0.25) is 0 Å². The highest BCUT2D eigenvalue weighted by Crippen LogP contribution is 2.41. The molecule has 0 spiro atoms. The van der Waals surface area contributed by atoms with Crippen LogP contribution >= 0.6 is 34.4 Å². The molecule has 0 aliphatic carbocycles. The number of aliphatic hydroxyl groups is 1. The lowest BCUT2D eigenvalue weighted by Gasteiger charge is -2.13. The number of aliphatic hydroxyl groups excluding tert-OH is 1. The smallest absolute Gasteiger partial charge is 0.344 e. The van der Waals surface area contributed by atoms with Crippen LogP contribution in [0.15, 0.2) is 33.4 Å². The SMILES string of the molecule is CCOC(=O)C1=C(O)/C(=C/c2cc(I)c(OCC)c(OCC)c2)SC1=NC(=O)CC. The molecular formula is C21H24INO6S. The second kappa shape index (κ2) is 11.4. The first-order valence-corrected chi connectivity index (χ1v) is 11.5. The zero-order valence-corrected chi connectivity index (χ0v) is 20.3. The molecule has 7 nitrogen and oxygen atoms in total. The Bertz CT molecular complexity index is 922. The number of halogens is 1. The molecule has 0 fully saturated rings. The molecule has 9 heteroatoms. The number of carbonyl (C=O) groups is 2. The molecule has 1 aliphatic rings. The maximum Gasteiger partial charge on any atom is 0.344 e. The van der Waals surface area contributed by atoms with E-state index >= 15 is 0 Å². The molecule has 1 aliphatic heterocycles. The van der Waals surface area contributed by atoms with Crippen LogP contribution in [-0.2, 0) is 14.3 Å². The van der Waals surface area contributed by atoms with Crippen molar-refractivity contribution in [3.8, 4) is 11.5 Å². The van der Waals surface area contributed by atoms with Crippen LogP contribution in [0, 0.1) is 3.57 Å². The Kier molecular flexibility index (Phi) is 9.22. The van der Waals surface area contributed by atoms with Gasteiger partial charge in [-0.15, -0.1) is 0 Å². The molecule has 0 saturated carbocycles. The lowest BCUT2D eigenvalue weighted by Crippen LogP contribution is -2.14. The molecular weight excluding hydrogens is 521 g/mol. The van der Waals surface area contributed by atoms with Crippen molar-refractivity contribution in [2.45, 2.75) is 34.1 Å². The number of aliphatic imine (C=N–C) groups is 1. The van der Waals surface area contributed by atoms with Gasteiger partial charge in [0, 0.05) is 6.42 Å². The Labute approximate surface area is 193 Å². The average Bonchev–Trinajstić information content (AvgIpc) is 2.99. The van der Waals surface area contributed by atoms with Gasteiger partial charge in [0.15, 0.2) is 11.5 Å². The summed E-state index contributed by atoms with van der Waals surface area (Å²) < 4.78 is 17.3. The number of nitrogens with zero attached hydrogens (tertiary/aromatic N) is 1. The minimum atomic E-state index is -0.718. The van der Waals surface area contributed by atoms with E-state index in [9.17, 15) is 14.7 Å². The van der Waals surface area contributed by atoms with E-state index < -0.39 is 5.97 Å². The van der Waals surface area contributed by atoms with Gasteiger partial charge in [-0.1, -0.05) is 18.7 Å². The summed E-state index contributed by atoms with van der Waals surface area (Å²) in [5.41, 5.74) is 0.646. The molecule has 0 bridgehead atoms. The van der Waals surface area contributed by atoms with Gasteiger partial charge >= 0.3 is 5.97 Å². The first-order chi connectivity index (χ1) is 14.4. The molecule has 0 radical (unpaired) electrons. The van der Waals surface area contributed by atoms with E-state index in [-0.39, 0.29) is 35.3 Å². The summed E-state index contributed by atoms with van der Waals surface area (Å²) in [6.07, 6.45) is 1.90. The van der Waals surface area contributed by atoms with Gasteiger partial charge in [0.2, 0.25) is 5.91 Å². The summed E-state index contributed by atoms with van der Waals surface area (Å²) in [4.78, 5) is 28.5. The Morgan fingerprint density at radius 1 is 1.13 bits per heavy atom. The molecule has 1 aromatic rings. The zero-order valence-electron chi connectivity index (χ0n) is 17.3. The highest BCUT2D eigenvalue weighted by molar-refractivity contribution is 14.1. The summed E-state index contributed by atoms with van der Waals surface area (Å²) in [5, 5.41) is 10.8. The number of ether oxygens (including phenoxy) is 3. The number of rotatable bonds is 8. The molecule has 2 rings (SSSR count). The topological polar surface area (TPSA) is 94.4 Å². The van der Waals surface area contributed by atoms with Crippen molar-refractivity contribution in [2.75, 3.05) is 19.8 Å². The molecule has 0 atom stereocenters. The summed E-state index contributed by atoms with van der Waals surface area (Å²) in [7, 11) is 0. The van der Waals surface area contributed by atoms with Crippen LogP contribution in [0.5, 0.6) is 11.5 Å². The van der Waals surface area contributed by atoms with Gasteiger partial charge in [-0.3, -0.25) is 4.79 Å². The molecule has 0 aromatic heterocycles. The van der Waals surface area contributed by atoms with Gasteiger partial charge in [-0.25, -0.2) is 9.79 Å². The zero-order chi connectivity index (χ0) is 22.3. The second-order valence-electron chi connectivity index (χ2n) is 5.91. The monoisotopic (exact) mass is 545 g/mol. The first kappa shape index (κ1) is 24.3. The number of amides is 1. The average molecular weight is 545 g/mol. The van der Waals surface area contributed by atoms with E-state index in [1.807, 2.05) is 19.9 Å². The van der Waals surface area contributed by atoms with Crippen molar-refractivity contribution in [3.05, 3.63) is 37.5 Å². The fourth-order valence-electron chi connectivity index (χ4n) is 2.55. The largest absolute Gasteiger partial charge is 0.506 e. The van der Waals surface area contributed by atoms with Gasteiger partial charge < -0.3 is 19.3 Å². The molecule has 0 saturated heterocycles. The Balaban J connectivity index is 2.53. The third-order valence-electron chi connectivity index (χ3n) is 3.82. The maximum absolute atomic E-state index is 12.3. The van der Waals surface area contributed by atoms with Crippen LogP contribution in [0.4, 0.5) is 0 Å². The standard InChI is InChI=1S/C21H24INO6S/c1-5-16(24)23-20-17(21(26)29-8-4)18(25)15(30-20)11-12-9-13(22)19(28-7-3)14(10-12)27-6-2/h9-11,25H,5-8H2,1-4H3/b15-11-,23-20?. The van der Waals surface area contributed by atoms with Crippen molar-refractivity contribution in [1.29, 1.82) is 0 Å². The summed E-state index contributed by atoms with van der Waals surface area (Å²) in [6, 6.07) is 3.68. The van der Waals surface area contributed by atoms with Gasteiger partial charge in [-0.2, -0.15) is 0 Å². The highest BCUT2D eigenvalue weighted by Gasteiger charge is 2.33. The number of carbonyl (C=O) groups excluding carboxylic acids is 2. The summed E-state index contributed by atoms with van der Waals surface area (Å²) in [5.74, 6) is -0.121. The number of thioether (sulfide) groups is 1. The van der Waals surface area contributed by atoms with Gasteiger partial charge in [0.1, 0.15) is 16.4 Å². The van der Waals surface area contributed by atoms with E-state index in [1.54, 1.807) is 26.0 Å². The Morgan fingerprint density at radius 2 is 1.83 bits per heavy atom. The predicted molar refractivity (Wildman–Crippen MR) is 126 cm³/mol. The highest BCUT2D eigenvalue weighted by atomic mass is 127. The van der Waals surface area contributed by atoms with Crippen LogP contribution in [0.25, 0.3) is 6.08 Å². The number of hydrogen-bond donors (Lipinski definition) is 1. The molecule has 0 unspecified atom stereocenters. The Morgan fingerprint density at radius 3 is 2.43 bits per heavy atom. The molecule has 1 heterocycles. The lowest BCUT2D eigenvalue weighted by atomic mass is 10.1. The van der Waals surface area contributed by atoms with Crippen molar-refractivity contribution in [2.24, 2.45) is 4.99 Å². The van der Waals surface area contributed by atoms with E-state index in [1.165, 1.54) is 0 Å². The third-order valence-corrected chi connectivity index (χ3v) is 5.64. The fourth-order valence-corrected chi connectivity index (χ4v) is 4.37. The van der Waals surface area contributed by atoms with Gasteiger partial charge in [0.05, 0.1) is 28.3 Å². The number of benzene rings is 1. The van der Waals surface area contributed by atoms with E-state index in [0.717, 1.165) is 20.9 Å². The van der Waals surface area contributed by atoms with E-state index in [0.29, 0.717) is 29.6 Å². The van der Waals surface area contributed by atoms with E-state index in [4.69, 9.17) is 14.2 Å². The molecule has 1 amide bonds. The first-order valence-electron chi connectivity index (χ1n) is 9.57. The molecule has 1 N–H and O–H groups in total. The molecule has 162 valence electrons. The molecule has 1 aromatic carbocycles. The van der Waals surface area contributed by atoms with Crippen molar-refractivity contribution >= 4 is 57.3 Å². The lowest BCUT2D eigenvalue weighted by molar-refractivity contribution is -0.138. The van der Waals surface area contributed by atoms with Crippen LogP contribution in [0.1, 0.15) is 39.7 Å². The fraction of sp³-hybridized carbons (Fsp3) is 0.381. The Hall–Kier alpha value is -2.01. The van der Waals surface area contributed by atoms with Crippen molar-refractivity contribution in [1.82, 2.24) is 0 Å². The quantitative estimate of drug-likeness (QED) is 0.368. The third kappa shape index (κ3) is 5.78. The van der Waals surface area contributed by atoms with E-state index in [2.05, 4.69) is 27.6 Å². The van der Waals surface area contributed by atoms with Gasteiger partial charge in [0.25, 0.3) is 0 Å². The maximum atomic E-state index is 12.3. The number of hydrogen-bond acceptors (Lipinski definition) is 7. The summed E-state index contributed by atoms with van der Waals surface area (Å²) in [6.45, 7) is 8.24. The molecule has 30 heavy (non-hydrogen) atoms. The van der Waals surface area contributed by atoms with Gasteiger partial charge in [-0.05, 0) is 67.1 Å². The van der Waals surface area contributed by atoms with Crippen molar-refractivity contribution < 1.29 is 28.9 Å². The van der Waals surface area contributed by atoms with Crippen LogP contribution in [0.3, 0.4) is 0 Å². The minimum absolute atomic E-state index is 0.0967. The van der Waals surface area contributed by atoms with Crippen LogP contribution < -0.4 is 9.47 Å². The number of esters is 1. The summed E-state index contributed by atoms with van der Waals surface area (Å²) >= 11 is 3.21. The predicted octanol–water partition coefficient (Wildman–Crippen LogP) is 4.89.